The molecule has 0 fully saturated rings. The largest absolute Gasteiger partial charge is 0.512 e. The van der Waals surface area contributed by atoms with Crippen LogP contribution in [0.2, 0.25) is 0 Å². The molecule has 0 bridgehead atoms. The van der Waals surface area contributed by atoms with Gasteiger partial charge in [-0.15, -0.1) is 139 Å². The molecule has 9 nitrogen and oxygen atoms in total. The van der Waals surface area contributed by atoms with Crippen molar-refractivity contribution in [3.63, 3.8) is 0 Å². The summed E-state index contributed by atoms with van der Waals surface area (Å²) < 4.78 is 0. The number of aromatic nitrogens is 3. The zero-order valence-corrected chi connectivity index (χ0v) is 77.9. The molecule has 15 heteroatoms. The van der Waals surface area contributed by atoms with E-state index in [1.54, 1.807) is 34.0 Å². The fraction of sp³-hybridized carbons (Fsp3) is 0.305. The molecule has 3 radical (unpaired) electrons. The van der Waals surface area contributed by atoms with E-state index in [0.29, 0.717) is 5.92 Å². The molecule has 0 unspecified atom stereocenters. The van der Waals surface area contributed by atoms with Gasteiger partial charge in [0.05, 0.1) is 17.3 Å². The predicted molar refractivity (Wildman–Crippen MR) is 457 cm³/mol. The first-order valence-corrected chi connectivity index (χ1v) is 38.6. The second-order valence-electron chi connectivity index (χ2n) is 31.4. The molecule has 0 saturated heterocycles. The Kier molecular flexibility index (Phi) is 35.4. The molecule has 12 rings (SSSR count). The topological polar surface area (TPSA) is 151 Å². The molecule has 3 N–H and O–H groups in total. The Bertz CT molecular complexity index is 5110. The fourth-order valence-corrected chi connectivity index (χ4v) is 15.3. The molecule has 0 aliphatic carbocycles. The van der Waals surface area contributed by atoms with E-state index < -0.39 is 0 Å². The standard InChI is InChI=1S/C29H32NS.C27H28NS.C24H22NS.3C5H8O2.3Ir/c1-18-11-19(2)13-21(12-18)25-10-9-20-16-26(31-27(20)30-25)22-14-23(28(3,4)5)17-24(15-22)29(6,7)8;1-16-10-17(2)12-21(11-16)23-9-8-20-15-24(29-26(20)28-23)25-18(3)13-22(14-19(25)4)27(5,6)7;1-15(2)18-5-7-19(8-6-18)23-14-20-9-10-22(25-24(20)26-23)21-12-16(3)11-17(4)13-21;3*1-4(6)3-5(2)7;;;/h9-12,14-17H,1-8H3;8-11,13-15H,1-7H3;5-12,14-15H,1-4H3;3*3,6H,1-2H3;;;/q3*-1;;;;;;. The first kappa shape index (κ1) is 94.6. The molecule has 0 aliphatic rings. The van der Waals surface area contributed by atoms with Crippen molar-refractivity contribution in [3.8, 4) is 65.1 Å². The number of aliphatic hydroxyl groups excluding tert-OH is 3. The summed E-state index contributed by atoms with van der Waals surface area (Å²) in [5, 5.41) is 28.7. The van der Waals surface area contributed by atoms with E-state index in [-0.39, 0.29) is 111 Å². The van der Waals surface area contributed by atoms with Gasteiger partial charge in [0.25, 0.3) is 0 Å². The van der Waals surface area contributed by atoms with Crippen molar-refractivity contribution in [1.29, 1.82) is 0 Å². The van der Waals surface area contributed by atoms with Crippen molar-refractivity contribution >= 4 is 82.0 Å². The Morgan fingerprint density at radius 2 is 0.664 bits per heavy atom. The predicted octanol–water partition coefficient (Wildman–Crippen LogP) is 26.9. The van der Waals surface area contributed by atoms with Crippen LogP contribution in [0, 0.1) is 73.6 Å². The van der Waals surface area contributed by atoms with E-state index in [1.165, 1.54) is 157 Å². The molecule has 0 spiro atoms. The molecule has 0 saturated carbocycles. The molecule has 6 aromatic heterocycles. The van der Waals surface area contributed by atoms with Crippen molar-refractivity contribution < 1.29 is 90.0 Å². The Hall–Kier alpha value is -7.77. The Labute approximate surface area is 707 Å². The van der Waals surface area contributed by atoms with Gasteiger partial charge in [-0.05, 0) is 175 Å². The van der Waals surface area contributed by atoms with Gasteiger partial charge in [0, 0.05) is 109 Å². The minimum Gasteiger partial charge on any atom is -0.512 e. The minimum atomic E-state index is -0.125. The number of thiophene rings is 3. The summed E-state index contributed by atoms with van der Waals surface area (Å²) in [6, 6.07) is 63.7. The van der Waals surface area contributed by atoms with Crippen LogP contribution in [0.5, 0.6) is 0 Å². The third kappa shape index (κ3) is 28.2. The van der Waals surface area contributed by atoms with Gasteiger partial charge in [-0.3, -0.25) is 29.3 Å². The molecule has 0 atom stereocenters. The second kappa shape index (κ2) is 41.1. The second-order valence-corrected chi connectivity index (χ2v) is 34.5. The van der Waals surface area contributed by atoms with Crippen LogP contribution in [-0.4, -0.2) is 47.6 Å². The first-order chi connectivity index (χ1) is 49.9. The summed E-state index contributed by atoms with van der Waals surface area (Å²) in [4.78, 5) is 52.0. The van der Waals surface area contributed by atoms with Crippen LogP contribution in [0.3, 0.4) is 0 Å². The molecule has 0 amide bonds. The average molecular weight is 2060 g/mol. The van der Waals surface area contributed by atoms with Gasteiger partial charge in [0.2, 0.25) is 0 Å². The number of nitrogens with zero attached hydrogens (tertiary/aromatic N) is 3. The maximum atomic E-state index is 10.0. The van der Waals surface area contributed by atoms with Crippen LogP contribution >= 0.6 is 34.0 Å². The van der Waals surface area contributed by atoms with E-state index in [0.717, 1.165) is 65.0 Å². The Morgan fingerprint density at radius 3 is 0.936 bits per heavy atom. The van der Waals surface area contributed by atoms with Crippen LogP contribution < -0.4 is 0 Å². The third-order valence-corrected chi connectivity index (χ3v) is 20.4. The molecule has 585 valence electrons. The summed E-state index contributed by atoms with van der Waals surface area (Å²) in [5.74, 6) is 0.372. The van der Waals surface area contributed by atoms with Crippen LogP contribution in [0.1, 0.15) is 190 Å². The number of carbonyl (C=O) groups is 3. The van der Waals surface area contributed by atoms with Gasteiger partial charge in [-0.25, -0.2) is 0 Å². The zero-order valence-electron chi connectivity index (χ0n) is 68.3. The molecule has 6 aromatic carbocycles. The minimum absolute atomic E-state index is 0. The summed E-state index contributed by atoms with van der Waals surface area (Å²) in [6.45, 7) is 50.6. The Morgan fingerprint density at radius 1 is 0.373 bits per heavy atom. The molecular formula is C95H106Ir3N3O6S3-3. The smallest absolute Gasteiger partial charge is 0.155 e. The van der Waals surface area contributed by atoms with Crippen molar-refractivity contribution in [3.05, 3.63) is 266 Å². The third-order valence-electron chi connectivity index (χ3n) is 17.1. The summed E-state index contributed by atoms with van der Waals surface area (Å²) in [6.07, 6.45) is 3.50. The summed E-state index contributed by atoms with van der Waals surface area (Å²) in [7, 11) is 0. The van der Waals surface area contributed by atoms with Gasteiger partial charge in [-0.2, -0.15) is 0 Å². The zero-order chi connectivity index (χ0) is 79.3. The van der Waals surface area contributed by atoms with Crippen LogP contribution in [0.15, 0.2) is 181 Å². The molecule has 0 aliphatic heterocycles. The van der Waals surface area contributed by atoms with E-state index in [1.807, 2.05) is 0 Å². The first-order valence-electron chi connectivity index (χ1n) is 36.2. The number of rotatable bonds is 10. The molecule has 6 heterocycles. The number of aliphatic hydroxyl groups is 3. The number of ketones is 3. The van der Waals surface area contributed by atoms with Crippen molar-refractivity contribution in [2.45, 2.75) is 195 Å². The fourth-order valence-electron chi connectivity index (χ4n) is 12.0. The maximum absolute atomic E-state index is 10.0. The number of fused-ring (bicyclic) bond motifs is 3. The SMILES string of the molecule is CC(=O)C=C(C)O.CC(=O)C=C(C)O.CC(=O)C=C(C)O.Cc1[c-]c(-c2ccc3cc(-c4c(C)cc(C(C)(C)C)cc4C)sc3n2)cc(C)c1.Cc1[c-]c(-c2ccc3cc(-c4cc(C(C)(C)C)cc(C(C)(C)C)c4)sc3n2)cc(C)c1.Cc1[c-]c(-c2ccc3cc(-c4ccc(C(C)C)cc4)sc3n2)cc(C)c1.[Ir].[Ir].[Ir]. The van der Waals surface area contributed by atoms with E-state index >= 15 is 0 Å². The van der Waals surface area contributed by atoms with E-state index in [2.05, 4.69) is 295 Å². The van der Waals surface area contributed by atoms with Gasteiger partial charge in [0.1, 0.15) is 14.5 Å². The molecule has 110 heavy (non-hydrogen) atoms. The summed E-state index contributed by atoms with van der Waals surface area (Å²) in [5.41, 5.74) is 25.9. The van der Waals surface area contributed by atoms with Crippen molar-refractivity contribution in [2.75, 3.05) is 0 Å². The van der Waals surface area contributed by atoms with Crippen molar-refractivity contribution in [1.82, 2.24) is 15.0 Å². The van der Waals surface area contributed by atoms with Crippen LogP contribution in [0.25, 0.3) is 95.7 Å². The number of hydrogen-bond donors (Lipinski definition) is 3. The van der Waals surface area contributed by atoms with E-state index in [9.17, 15) is 14.4 Å². The number of hydrogen-bond acceptors (Lipinski definition) is 12. The van der Waals surface area contributed by atoms with Crippen LogP contribution in [0.4, 0.5) is 0 Å². The van der Waals surface area contributed by atoms with Gasteiger partial charge in [-0.1, -0.05) is 197 Å². The van der Waals surface area contributed by atoms with Crippen LogP contribution in [-0.2, 0) is 90.9 Å². The summed E-state index contributed by atoms with van der Waals surface area (Å²) >= 11 is 5.32. The average Bonchev–Trinajstić information content (AvgIpc) is 1.64. The van der Waals surface area contributed by atoms with Gasteiger partial charge < -0.3 is 15.3 Å². The number of benzene rings is 6. The maximum Gasteiger partial charge on any atom is 0.155 e. The molecular weight excluding hydrogens is 1950 g/mol. The van der Waals surface area contributed by atoms with Gasteiger partial charge >= 0.3 is 0 Å². The van der Waals surface area contributed by atoms with Crippen molar-refractivity contribution in [2.24, 2.45) is 0 Å². The number of aryl methyl sites for hydroxylation is 8. The monoisotopic (exact) mass is 2060 g/mol. The Balaban J connectivity index is 0.000000304. The van der Waals surface area contributed by atoms with E-state index in [4.69, 9.17) is 30.3 Å². The normalized spacial score (nSPS) is 11.6. The van der Waals surface area contributed by atoms with Gasteiger partial charge in [0.15, 0.2) is 17.3 Å². The quantitative estimate of drug-likeness (QED) is 0.0691. The number of carbonyl (C=O) groups excluding carboxylic acids is 3. The number of allylic oxidation sites excluding steroid dienone is 6. The molecule has 12 aromatic rings. The number of pyridine rings is 3.